The van der Waals surface area contributed by atoms with Crippen LogP contribution in [0.25, 0.3) is 0 Å². The Kier molecular flexibility index (Phi) is 5.47. The average Bonchev–Trinajstić information content (AvgIpc) is 2.03. The van der Waals surface area contributed by atoms with Crippen molar-refractivity contribution in [1.82, 2.24) is 5.43 Å². The van der Waals surface area contributed by atoms with E-state index in [-0.39, 0.29) is 0 Å². The molecule has 0 fully saturated rings. The van der Waals surface area contributed by atoms with E-state index >= 15 is 0 Å². The van der Waals surface area contributed by atoms with Crippen LogP contribution in [0.15, 0.2) is 42.1 Å². The topological polar surface area (TPSA) is 50.4 Å². The Balaban J connectivity index is 4.41. The molecule has 0 atom stereocenters. The summed E-state index contributed by atoms with van der Waals surface area (Å²) in [6.07, 6.45) is 4.96. The molecule has 0 amide bonds. The quantitative estimate of drug-likeness (QED) is 0.177. The molecule has 3 N–H and O–H groups in total. The Labute approximate surface area is 74.6 Å². The van der Waals surface area contributed by atoms with Gasteiger partial charge < -0.3 is 0 Å². The van der Waals surface area contributed by atoms with Gasteiger partial charge in [-0.15, -0.1) is 0 Å². The number of amidine groups is 1. The minimum atomic E-state index is 0.512. The normalized spacial score (nSPS) is 12.5. The number of hydrogen-bond donors (Lipinski definition) is 2. The molecule has 0 saturated carbocycles. The van der Waals surface area contributed by atoms with Gasteiger partial charge >= 0.3 is 74.1 Å². The van der Waals surface area contributed by atoms with E-state index in [0.29, 0.717) is 10.4 Å². The molecule has 0 unspecified atom stereocenters. The van der Waals surface area contributed by atoms with Gasteiger partial charge in [0.15, 0.2) is 0 Å². The summed E-state index contributed by atoms with van der Waals surface area (Å²) < 4.78 is 0.512. The van der Waals surface area contributed by atoms with Crippen molar-refractivity contribution >= 4 is 20.7 Å². The van der Waals surface area contributed by atoms with E-state index in [0.717, 1.165) is 0 Å². The molecule has 0 aliphatic heterocycles. The molecule has 0 bridgehead atoms. The molecular weight excluding hydrogens is 205 g/mol. The summed E-state index contributed by atoms with van der Waals surface area (Å²) in [5.74, 6) is 5.07. The molecule has 11 heavy (non-hydrogen) atoms. The van der Waals surface area contributed by atoms with Crippen molar-refractivity contribution in [3.05, 3.63) is 37.1 Å². The van der Waals surface area contributed by atoms with Crippen LogP contribution in [-0.2, 0) is 0 Å². The van der Waals surface area contributed by atoms with Gasteiger partial charge in [0, 0.05) is 0 Å². The molecule has 0 aromatic rings. The minimum absolute atomic E-state index is 0.512. The van der Waals surface area contributed by atoms with Crippen LogP contribution >= 0.6 is 0 Å². The first-order valence-corrected chi connectivity index (χ1v) is 3.77. The van der Waals surface area contributed by atoms with Crippen LogP contribution in [0.5, 0.6) is 0 Å². The van der Waals surface area contributed by atoms with E-state index in [1.165, 1.54) is 0 Å². The molecule has 0 heterocycles. The second-order valence-corrected chi connectivity index (χ2v) is 2.40. The summed E-state index contributed by atoms with van der Waals surface area (Å²) in [6.45, 7) is 7.09. The molecule has 0 spiro atoms. The molecule has 59 valence electrons. The van der Waals surface area contributed by atoms with Gasteiger partial charge in [0.25, 0.3) is 0 Å². The molecule has 0 aromatic carbocycles. The average molecular weight is 215 g/mol. The van der Waals surface area contributed by atoms with E-state index in [2.05, 4.69) is 39.6 Å². The Morgan fingerprint density at radius 3 is 2.55 bits per heavy atom. The van der Waals surface area contributed by atoms with Gasteiger partial charge in [-0.05, 0) is 0 Å². The van der Waals surface area contributed by atoms with Crippen molar-refractivity contribution in [3.63, 3.8) is 0 Å². The number of nitrogens with zero attached hydrogens (tertiary/aromatic N) is 1. The Morgan fingerprint density at radius 2 is 2.18 bits per heavy atom. The first kappa shape index (κ1) is 10.2. The van der Waals surface area contributed by atoms with Gasteiger partial charge in [-0.2, -0.15) is 0 Å². The number of hydrazine groups is 1. The number of allylic oxidation sites excluding steroid dienone is 3. The van der Waals surface area contributed by atoms with Crippen molar-refractivity contribution in [2.45, 2.75) is 0 Å². The number of rotatable bonds is 3. The standard InChI is InChI=1S/C7H10N3Se/c1-3-5-6(4-2)9-7(11)10-8/h3-5H,1-2,8H2,(H,9,10)/b6-5+. The number of hydrogen-bond acceptors (Lipinski definition) is 2. The third-order valence-corrected chi connectivity index (χ3v) is 1.29. The predicted octanol–water partition coefficient (Wildman–Crippen LogP) is 0.230. The second-order valence-electron chi connectivity index (χ2n) is 1.59. The van der Waals surface area contributed by atoms with Gasteiger partial charge in [-0.1, -0.05) is 0 Å². The first-order valence-electron chi connectivity index (χ1n) is 2.92. The van der Waals surface area contributed by atoms with Gasteiger partial charge in [-0.25, -0.2) is 0 Å². The van der Waals surface area contributed by atoms with Crippen LogP contribution in [0.3, 0.4) is 0 Å². The SMILES string of the molecule is C=C/C=C(\C=C)N=C([Se])NN. The van der Waals surface area contributed by atoms with Gasteiger partial charge in [0.2, 0.25) is 0 Å². The third-order valence-electron chi connectivity index (χ3n) is 0.852. The van der Waals surface area contributed by atoms with Gasteiger partial charge in [-0.3, -0.25) is 0 Å². The predicted molar refractivity (Wildman–Crippen MR) is 49.0 cm³/mol. The van der Waals surface area contributed by atoms with E-state index in [1.54, 1.807) is 18.2 Å². The van der Waals surface area contributed by atoms with Crippen LogP contribution in [0, 0.1) is 0 Å². The zero-order valence-corrected chi connectivity index (χ0v) is 7.79. The number of nitrogens with one attached hydrogen (secondary N) is 1. The molecule has 0 aliphatic rings. The molecule has 4 heteroatoms. The Morgan fingerprint density at radius 1 is 1.55 bits per heavy atom. The zero-order valence-electron chi connectivity index (χ0n) is 6.08. The molecule has 0 rings (SSSR count). The Hall–Kier alpha value is -0.831. The maximum absolute atomic E-state index is 5.07. The molecular formula is C7H10N3Se. The van der Waals surface area contributed by atoms with Crippen LogP contribution in [0.1, 0.15) is 0 Å². The van der Waals surface area contributed by atoms with Crippen LogP contribution in [-0.4, -0.2) is 20.7 Å². The van der Waals surface area contributed by atoms with Crippen molar-refractivity contribution in [3.8, 4) is 0 Å². The van der Waals surface area contributed by atoms with Crippen LogP contribution < -0.4 is 11.3 Å². The number of nitrogens with two attached hydrogens (primary N) is 1. The monoisotopic (exact) mass is 216 g/mol. The van der Waals surface area contributed by atoms with Gasteiger partial charge in [0.05, 0.1) is 0 Å². The summed E-state index contributed by atoms with van der Waals surface area (Å²) in [4.78, 5) is 4.00. The third kappa shape index (κ3) is 4.56. The maximum atomic E-state index is 5.07. The molecule has 1 radical (unpaired) electrons. The zero-order chi connectivity index (χ0) is 8.69. The summed E-state index contributed by atoms with van der Waals surface area (Å²) in [5.41, 5.74) is 3.06. The summed E-state index contributed by atoms with van der Waals surface area (Å²) in [7, 11) is 0. The van der Waals surface area contributed by atoms with E-state index in [4.69, 9.17) is 5.84 Å². The summed E-state index contributed by atoms with van der Waals surface area (Å²) in [5, 5.41) is 0. The molecule has 0 aromatic heterocycles. The number of aliphatic imine (C=N–C) groups is 1. The Bertz CT molecular complexity index is 206. The van der Waals surface area contributed by atoms with Crippen molar-refractivity contribution in [1.29, 1.82) is 0 Å². The molecule has 3 nitrogen and oxygen atoms in total. The molecule has 0 aliphatic carbocycles. The summed E-state index contributed by atoms with van der Waals surface area (Å²) >= 11 is 2.64. The van der Waals surface area contributed by atoms with Crippen molar-refractivity contribution in [2.75, 3.05) is 0 Å². The van der Waals surface area contributed by atoms with Crippen molar-refractivity contribution in [2.24, 2.45) is 10.8 Å². The first-order chi connectivity index (χ1) is 5.24. The van der Waals surface area contributed by atoms with E-state index in [1.807, 2.05) is 0 Å². The van der Waals surface area contributed by atoms with Crippen LogP contribution in [0.4, 0.5) is 0 Å². The van der Waals surface area contributed by atoms with E-state index in [9.17, 15) is 0 Å². The fourth-order valence-corrected chi connectivity index (χ4v) is 0.642. The van der Waals surface area contributed by atoms with E-state index < -0.39 is 0 Å². The fraction of sp³-hybridized carbons (Fsp3) is 0. The van der Waals surface area contributed by atoms with Crippen molar-refractivity contribution < 1.29 is 0 Å². The summed E-state index contributed by atoms with van der Waals surface area (Å²) in [6, 6.07) is 0. The van der Waals surface area contributed by atoms with Gasteiger partial charge in [0.1, 0.15) is 0 Å². The van der Waals surface area contributed by atoms with Crippen LogP contribution in [0.2, 0.25) is 0 Å². The molecule has 0 saturated heterocycles. The fourth-order valence-electron chi connectivity index (χ4n) is 0.421. The second kappa shape index (κ2) is 5.92.